The van der Waals surface area contributed by atoms with E-state index in [-0.39, 0.29) is 0 Å². The van der Waals surface area contributed by atoms with E-state index < -0.39 is 10.0 Å². The van der Waals surface area contributed by atoms with Gasteiger partial charge in [0.05, 0.1) is 0 Å². The van der Waals surface area contributed by atoms with Crippen LogP contribution < -0.4 is 10.0 Å². The molecule has 2 aromatic heterocycles. The van der Waals surface area contributed by atoms with Gasteiger partial charge in [-0.1, -0.05) is 25.2 Å². The summed E-state index contributed by atoms with van der Waals surface area (Å²) in [6.45, 7) is 7.31. The minimum Gasteiger partial charge on any atom is -0.312 e. The van der Waals surface area contributed by atoms with Crippen LogP contribution in [0.25, 0.3) is 0 Å². The molecule has 0 radical (unpaired) electrons. The predicted molar refractivity (Wildman–Crippen MR) is 86.5 cm³/mol. The van der Waals surface area contributed by atoms with Crippen molar-refractivity contribution in [2.75, 3.05) is 11.3 Å². The summed E-state index contributed by atoms with van der Waals surface area (Å²) in [5.41, 5.74) is 0. The van der Waals surface area contributed by atoms with Crippen LogP contribution in [-0.2, 0) is 23.0 Å². The first-order valence-electron chi connectivity index (χ1n) is 6.61. The summed E-state index contributed by atoms with van der Waals surface area (Å²) in [5, 5.41) is 12.1. The maximum absolute atomic E-state index is 12.4. The molecule has 0 unspecified atom stereocenters. The molecule has 0 aliphatic rings. The second-order valence-corrected chi connectivity index (χ2v) is 8.43. The quantitative estimate of drug-likeness (QED) is 0.804. The van der Waals surface area contributed by atoms with Crippen LogP contribution in [0, 0.1) is 6.92 Å². The van der Waals surface area contributed by atoms with Gasteiger partial charge in [0.25, 0.3) is 10.0 Å². The standard InChI is InChI=1S/C12H18N4O2S3/c1-4-11-14-15-12(20-11)16-21(17,18)10-6-9(7-13-5-2)19-8(10)3/h6,13H,4-5,7H2,1-3H3,(H,15,16). The van der Waals surface area contributed by atoms with Gasteiger partial charge in [0.2, 0.25) is 5.13 Å². The van der Waals surface area contributed by atoms with Crippen molar-refractivity contribution < 1.29 is 8.42 Å². The van der Waals surface area contributed by atoms with Crippen molar-refractivity contribution in [2.24, 2.45) is 0 Å². The molecule has 2 aromatic rings. The molecule has 0 bridgehead atoms. The molecule has 2 N–H and O–H groups in total. The molecule has 0 saturated heterocycles. The van der Waals surface area contributed by atoms with Crippen molar-refractivity contribution in [3.05, 3.63) is 20.8 Å². The van der Waals surface area contributed by atoms with Crippen LogP contribution in [0.1, 0.15) is 28.6 Å². The van der Waals surface area contributed by atoms with Gasteiger partial charge in [0.1, 0.15) is 9.90 Å². The van der Waals surface area contributed by atoms with Gasteiger partial charge in [0, 0.05) is 16.3 Å². The highest BCUT2D eigenvalue weighted by atomic mass is 32.2. The SMILES string of the molecule is CCNCc1cc(S(=O)(=O)Nc2nnc(CC)s2)c(C)s1. The number of nitrogens with one attached hydrogen (secondary N) is 2. The number of aromatic nitrogens is 2. The lowest BCUT2D eigenvalue weighted by molar-refractivity contribution is 0.601. The number of rotatable bonds is 7. The van der Waals surface area contributed by atoms with Gasteiger partial charge >= 0.3 is 0 Å². The Bertz CT molecular complexity index is 706. The maximum Gasteiger partial charge on any atom is 0.264 e. The van der Waals surface area contributed by atoms with Gasteiger partial charge in [-0.25, -0.2) is 8.42 Å². The monoisotopic (exact) mass is 346 g/mol. The van der Waals surface area contributed by atoms with Gasteiger partial charge in [-0.2, -0.15) is 0 Å². The van der Waals surface area contributed by atoms with Crippen molar-refractivity contribution in [3.63, 3.8) is 0 Å². The molecule has 0 saturated carbocycles. The fourth-order valence-corrected chi connectivity index (χ4v) is 5.25. The topological polar surface area (TPSA) is 84.0 Å². The van der Waals surface area contributed by atoms with E-state index >= 15 is 0 Å². The Morgan fingerprint density at radius 3 is 2.62 bits per heavy atom. The zero-order valence-corrected chi connectivity index (χ0v) is 14.6. The number of thiophene rings is 1. The molecule has 0 aliphatic carbocycles. The van der Waals surface area contributed by atoms with Gasteiger partial charge in [0.15, 0.2) is 0 Å². The Labute approximate surface area is 132 Å². The number of anilines is 1. The van der Waals surface area contributed by atoms with Crippen LogP contribution in [-0.4, -0.2) is 25.2 Å². The minimum atomic E-state index is -3.60. The average Bonchev–Trinajstić information content (AvgIpc) is 3.02. The fourth-order valence-electron chi connectivity index (χ4n) is 1.73. The van der Waals surface area contributed by atoms with E-state index in [1.165, 1.54) is 22.7 Å². The first-order chi connectivity index (χ1) is 9.96. The molecule has 0 aliphatic heterocycles. The smallest absolute Gasteiger partial charge is 0.264 e. The van der Waals surface area contributed by atoms with Crippen molar-refractivity contribution in [1.29, 1.82) is 0 Å². The third-order valence-corrected chi connectivity index (χ3v) is 6.51. The summed E-state index contributed by atoms with van der Waals surface area (Å²) >= 11 is 2.75. The lowest BCUT2D eigenvalue weighted by atomic mass is 10.4. The van der Waals surface area contributed by atoms with Gasteiger partial charge < -0.3 is 5.32 Å². The zero-order valence-electron chi connectivity index (χ0n) is 12.1. The van der Waals surface area contributed by atoms with E-state index in [0.29, 0.717) is 16.6 Å². The molecule has 0 atom stereocenters. The summed E-state index contributed by atoms with van der Waals surface area (Å²) in [6, 6.07) is 1.72. The van der Waals surface area contributed by atoms with Crippen molar-refractivity contribution in [2.45, 2.75) is 38.6 Å². The average molecular weight is 347 g/mol. The molecule has 116 valence electrons. The predicted octanol–water partition coefficient (Wildman–Crippen LogP) is 2.38. The molecule has 0 fully saturated rings. The Morgan fingerprint density at radius 2 is 2.00 bits per heavy atom. The molecule has 9 heteroatoms. The summed E-state index contributed by atoms with van der Waals surface area (Å²) in [5.74, 6) is 0. The van der Waals surface area contributed by atoms with E-state index in [0.717, 1.165) is 27.7 Å². The summed E-state index contributed by atoms with van der Waals surface area (Å²) < 4.78 is 27.3. The fraction of sp³-hybridized carbons (Fsp3) is 0.500. The third kappa shape index (κ3) is 4.00. The number of hydrogen-bond acceptors (Lipinski definition) is 7. The van der Waals surface area contributed by atoms with E-state index in [1.807, 2.05) is 20.8 Å². The third-order valence-electron chi connectivity index (χ3n) is 2.75. The number of sulfonamides is 1. The highest BCUT2D eigenvalue weighted by molar-refractivity contribution is 7.93. The molecule has 6 nitrogen and oxygen atoms in total. The first-order valence-corrected chi connectivity index (χ1v) is 9.73. The van der Waals surface area contributed by atoms with E-state index in [2.05, 4.69) is 20.2 Å². The summed E-state index contributed by atoms with van der Waals surface area (Å²) in [6.07, 6.45) is 0.740. The number of aryl methyl sites for hydroxylation is 2. The number of hydrogen-bond donors (Lipinski definition) is 2. The minimum absolute atomic E-state index is 0.311. The molecule has 0 aromatic carbocycles. The van der Waals surface area contributed by atoms with Gasteiger partial charge in [-0.3, -0.25) is 4.72 Å². The Hall–Kier alpha value is -1.03. The molecule has 21 heavy (non-hydrogen) atoms. The molecule has 0 amide bonds. The van der Waals surface area contributed by atoms with E-state index in [9.17, 15) is 8.42 Å². The Morgan fingerprint density at radius 1 is 1.24 bits per heavy atom. The highest BCUT2D eigenvalue weighted by Gasteiger charge is 2.21. The van der Waals surface area contributed by atoms with Gasteiger partial charge in [-0.15, -0.1) is 21.5 Å². The van der Waals surface area contributed by atoms with Crippen molar-refractivity contribution in [1.82, 2.24) is 15.5 Å². The normalized spacial score (nSPS) is 11.8. The number of nitrogens with zero attached hydrogens (tertiary/aromatic N) is 2. The van der Waals surface area contributed by atoms with E-state index in [1.54, 1.807) is 6.07 Å². The molecular formula is C12H18N4O2S3. The van der Waals surface area contributed by atoms with E-state index in [4.69, 9.17) is 0 Å². The lowest BCUT2D eigenvalue weighted by Crippen LogP contribution is -2.13. The van der Waals surface area contributed by atoms with Crippen LogP contribution >= 0.6 is 22.7 Å². The second-order valence-electron chi connectivity index (χ2n) is 4.37. The van der Waals surface area contributed by atoms with Gasteiger partial charge in [-0.05, 0) is 26.0 Å². The Kier molecular flexibility index (Phi) is 5.31. The molecular weight excluding hydrogens is 328 g/mol. The lowest BCUT2D eigenvalue weighted by Gasteiger charge is -2.03. The molecule has 2 rings (SSSR count). The van der Waals surface area contributed by atoms with Crippen molar-refractivity contribution >= 4 is 37.8 Å². The van der Waals surface area contributed by atoms with Crippen LogP contribution in [0.15, 0.2) is 11.0 Å². The van der Waals surface area contributed by atoms with Crippen LogP contribution in [0.2, 0.25) is 0 Å². The van der Waals surface area contributed by atoms with Crippen molar-refractivity contribution in [3.8, 4) is 0 Å². The largest absolute Gasteiger partial charge is 0.312 e. The molecule has 0 spiro atoms. The maximum atomic E-state index is 12.4. The molecule has 2 heterocycles. The zero-order chi connectivity index (χ0) is 15.5. The van der Waals surface area contributed by atoms with Crippen LogP contribution in [0.3, 0.4) is 0 Å². The second kappa shape index (κ2) is 6.82. The summed E-state index contributed by atoms with van der Waals surface area (Å²) in [7, 11) is -3.60. The summed E-state index contributed by atoms with van der Waals surface area (Å²) in [4.78, 5) is 2.09. The highest BCUT2D eigenvalue weighted by Crippen LogP contribution is 2.28. The van der Waals surface area contributed by atoms with Crippen LogP contribution in [0.4, 0.5) is 5.13 Å². The van der Waals surface area contributed by atoms with Crippen LogP contribution in [0.5, 0.6) is 0 Å². The first kappa shape index (κ1) is 16.3. The Balaban J connectivity index is 2.20.